The van der Waals surface area contributed by atoms with Crippen LogP contribution in [0.3, 0.4) is 0 Å². The summed E-state index contributed by atoms with van der Waals surface area (Å²) in [7, 11) is 3.20. The molecule has 1 saturated heterocycles. The van der Waals surface area contributed by atoms with Crippen LogP contribution in [-0.2, 0) is 16.0 Å². The quantitative estimate of drug-likeness (QED) is 0.823. The van der Waals surface area contributed by atoms with Crippen molar-refractivity contribution in [2.75, 3.05) is 27.3 Å². The van der Waals surface area contributed by atoms with Crippen molar-refractivity contribution in [3.63, 3.8) is 0 Å². The molecule has 1 heterocycles. The van der Waals surface area contributed by atoms with Gasteiger partial charge in [0, 0.05) is 25.9 Å². The van der Waals surface area contributed by atoms with Gasteiger partial charge in [0.1, 0.15) is 0 Å². The Hall–Kier alpha value is -2.24. The number of piperidine rings is 1. The number of carbonyl (C=O) groups excluding carboxylic acids is 2. The van der Waals surface area contributed by atoms with Gasteiger partial charge in [0.15, 0.2) is 11.5 Å². The van der Waals surface area contributed by atoms with E-state index in [1.54, 1.807) is 14.2 Å². The maximum absolute atomic E-state index is 12.4. The molecule has 2 amide bonds. The Kier molecular flexibility index (Phi) is 6.46. The van der Waals surface area contributed by atoms with E-state index >= 15 is 0 Å². The highest BCUT2D eigenvalue weighted by atomic mass is 16.5. The molecule has 0 aliphatic carbocycles. The van der Waals surface area contributed by atoms with E-state index in [1.807, 2.05) is 23.1 Å². The average molecular weight is 334 g/mol. The van der Waals surface area contributed by atoms with Crippen molar-refractivity contribution in [3.05, 3.63) is 23.8 Å². The highest BCUT2D eigenvalue weighted by molar-refractivity contribution is 5.77. The SMILES string of the molecule is COc1cccc(CCC(=O)N2CCC(CC(N)=O)CC2)c1OC. The van der Waals surface area contributed by atoms with Crippen LogP contribution in [0.15, 0.2) is 18.2 Å². The maximum Gasteiger partial charge on any atom is 0.222 e. The van der Waals surface area contributed by atoms with Gasteiger partial charge in [0.05, 0.1) is 14.2 Å². The van der Waals surface area contributed by atoms with Crippen molar-refractivity contribution < 1.29 is 19.1 Å². The van der Waals surface area contributed by atoms with Crippen molar-refractivity contribution in [1.82, 2.24) is 4.90 Å². The molecular weight excluding hydrogens is 308 g/mol. The lowest BCUT2D eigenvalue weighted by molar-refractivity contribution is -0.132. The van der Waals surface area contributed by atoms with E-state index in [-0.39, 0.29) is 11.8 Å². The average Bonchev–Trinajstić information content (AvgIpc) is 2.59. The van der Waals surface area contributed by atoms with Crippen molar-refractivity contribution in [2.45, 2.75) is 32.1 Å². The first-order valence-corrected chi connectivity index (χ1v) is 8.31. The van der Waals surface area contributed by atoms with Gasteiger partial charge in [0.25, 0.3) is 0 Å². The fraction of sp³-hybridized carbons (Fsp3) is 0.556. The van der Waals surface area contributed by atoms with Crippen LogP contribution in [0, 0.1) is 5.92 Å². The molecule has 132 valence electrons. The Balaban J connectivity index is 1.87. The second-order valence-electron chi connectivity index (χ2n) is 6.15. The number of nitrogens with two attached hydrogens (primary N) is 1. The van der Waals surface area contributed by atoms with Gasteiger partial charge >= 0.3 is 0 Å². The van der Waals surface area contributed by atoms with Gasteiger partial charge in [-0.1, -0.05) is 12.1 Å². The second-order valence-corrected chi connectivity index (χ2v) is 6.15. The molecule has 2 N–H and O–H groups in total. The number of primary amides is 1. The molecule has 1 fully saturated rings. The first-order chi connectivity index (χ1) is 11.5. The normalized spacial score (nSPS) is 15.2. The first kappa shape index (κ1) is 18.1. The molecule has 0 atom stereocenters. The number of methoxy groups -OCH3 is 2. The molecule has 1 aliphatic rings. The lowest BCUT2D eigenvalue weighted by Crippen LogP contribution is -2.39. The maximum atomic E-state index is 12.4. The third kappa shape index (κ3) is 4.63. The molecule has 0 saturated carbocycles. The lowest BCUT2D eigenvalue weighted by atomic mass is 9.93. The standard InChI is InChI=1S/C18H26N2O4/c1-23-15-5-3-4-14(18(15)24-2)6-7-17(22)20-10-8-13(9-11-20)12-16(19)21/h3-5,13H,6-12H2,1-2H3,(H2,19,21). The van der Waals surface area contributed by atoms with E-state index in [1.165, 1.54) is 0 Å². The summed E-state index contributed by atoms with van der Waals surface area (Å²) in [6.07, 6.45) is 3.15. The van der Waals surface area contributed by atoms with Crippen molar-refractivity contribution >= 4 is 11.8 Å². The summed E-state index contributed by atoms with van der Waals surface area (Å²) in [6.45, 7) is 1.40. The molecule has 6 heteroatoms. The van der Waals surface area contributed by atoms with Crippen LogP contribution in [0.25, 0.3) is 0 Å². The van der Waals surface area contributed by atoms with E-state index in [0.717, 1.165) is 18.4 Å². The van der Waals surface area contributed by atoms with Crippen LogP contribution in [0.1, 0.15) is 31.2 Å². The first-order valence-electron chi connectivity index (χ1n) is 8.31. The number of carbonyl (C=O) groups is 2. The van der Waals surface area contributed by atoms with Gasteiger partial charge in [-0.15, -0.1) is 0 Å². The van der Waals surface area contributed by atoms with Gasteiger partial charge in [0.2, 0.25) is 11.8 Å². The number of para-hydroxylation sites is 1. The summed E-state index contributed by atoms with van der Waals surface area (Å²) in [4.78, 5) is 25.3. The molecular formula is C18H26N2O4. The number of nitrogens with zero attached hydrogens (tertiary/aromatic N) is 1. The molecule has 2 rings (SSSR count). The Morgan fingerprint density at radius 3 is 2.50 bits per heavy atom. The highest BCUT2D eigenvalue weighted by Crippen LogP contribution is 2.31. The molecule has 0 radical (unpaired) electrons. The number of rotatable bonds is 7. The molecule has 0 bridgehead atoms. The number of aryl methyl sites for hydroxylation is 1. The van der Waals surface area contributed by atoms with Crippen molar-refractivity contribution in [3.8, 4) is 11.5 Å². The minimum absolute atomic E-state index is 0.136. The van der Waals surface area contributed by atoms with Crippen LogP contribution in [0.5, 0.6) is 11.5 Å². The molecule has 0 aromatic heterocycles. The smallest absolute Gasteiger partial charge is 0.222 e. The fourth-order valence-electron chi connectivity index (χ4n) is 3.22. The van der Waals surface area contributed by atoms with E-state index in [4.69, 9.17) is 15.2 Å². The van der Waals surface area contributed by atoms with E-state index in [2.05, 4.69) is 0 Å². The van der Waals surface area contributed by atoms with Gasteiger partial charge in [-0.25, -0.2) is 0 Å². The molecule has 1 aromatic carbocycles. The zero-order valence-electron chi connectivity index (χ0n) is 14.4. The largest absolute Gasteiger partial charge is 0.493 e. The minimum atomic E-state index is -0.259. The second kappa shape index (κ2) is 8.57. The third-order valence-electron chi connectivity index (χ3n) is 4.55. The molecule has 0 unspecified atom stereocenters. The highest BCUT2D eigenvalue weighted by Gasteiger charge is 2.24. The molecule has 24 heavy (non-hydrogen) atoms. The summed E-state index contributed by atoms with van der Waals surface area (Å²) in [6, 6.07) is 5.69. The Morgan fingerprint density at radius 1 is 1.21 bits per heavy atom. The molecule has 0 spiro atoms. The van der Waals surface area contributed by atoms with E-state index in [0.29, 0.717) is 49.8 Å². The van der Waals surface area contributed by atoms with Gasteiger partial charge in [-0.2, -0.15) is 0 Å². The Labute approximate surface area is 142 Å². The zero-order chi connectivity index (χ0) is 17.5. The molecule has 1 aliphatic heterocycles. The van der Waals surface area contributed by atoms with Crippen molar-refractivity contribution in [2.24, 2.45) is 11.7 Å². The molecule has 6 nitrogen and oxygen atoms in total. The van der Waals surface area contributed by atoms with Gasteiger partial charge < -0.3 is 20.1 Å². The number of hydrogen-bond acceptors (Lipinski definition) is 4. The van der Waals surface area contributed by atoms with Gasteiger partial charge in [-0.05, 0) is 36.8 Å². The lowest BCUT2D eigenvalue weighted by Gasteiger charge is -2.31. The van der Waals surface area contributed by atoms with Gasteiger partial charge in [-0.3, -0.25) is 9.59 Å². The van der Waals surface area contributed by atoms with E-state index in [9.17, 15) is 9.59 Å². The number of likely N-dealkylation sites (tertiary alicyclic amines) is 1. The number of hydrogen-bond donors (Lipinski definition) is 1. The predicted octanol–water partition coefficient (Wildman–Crippen LogP) is 1.75. The summed E-state index contributed by atoms with van der Waals surface area (Å²) < 4.78 is 10.7. The predicted molar refractivity (Wildman–Crippen MR) is 91.0 cm³/mol. The minimum Gasteiger partial charge on any atom is -0.493 e. The number of ether oxygens (including phenoxy) is 2. The summed E-state index contributed by atoms with van der Waals surface area (Å²) >= 11 is 0. The monoisotopic (exact) mass is 334 g/mol. The topological polar surface area (TPSA) is 81.9 Å². The van der Waals surface area contributed by atoms with Crippen LogP contribution >= 0.6 is 0 Å². The summed E-state index contributed by atoms with van der Waals surface area (Å²) in [5.41, 5.74) is 6.21. The number of benzene rings is 1. The Bertz CT molecular complexity index is 580. The number of amides is 2. The molecule has 1 aromatic rings. The van der Waals surface area contributed by atoms with Crippen molar-refractivity contribution in [1.29, 1.82) is 0 Å². The van der Waals surface area contributed by atoms with Crippen LogP contribution < -0.4 is 15.2 Å². The fourth-order valence-corrected chi connectivity index (χ4v) is 3.22. The third-order valence-corrected chi connectivity index (χ3v) is 4.55. The summed E-state index contributed by atoms with van der Waals surface area (Å²) in [5.74, 6) is 1.55. The Morgan fingerprint density at radius 2 is 1.92 bits per heavy atom. The zero-order valence-corrected chi connectivity index (χ0v) is 14.4. The van der Waals surface area contributed by atoms with E-state index < -0.39 is 0 Å². The van der Waals surface area contributed by atoms with Crippen LogP contribution in [0.4, 0.5) is 0 Å². The van der Waals surface area contributed by atoms with Crippen LogP contribution in [0.2, 0.25) is 0 Å². The summed E-state index contributed by atoms with van der Waals surface area (Å²) in [5, 5.41) is 0. The van der Waals surface area contributed by atoms with Crippen LogP contribution in [-0.4, -0.2) is 44.0 Å².